The van der Waals surface area contributed by atoms with Gasteiger partial charge in [-0.25, -0.2) is 13.4 Å². The van der Waals surface area contributed by atoms with Crippen LogP contribution in [-0.2, 0) is 26.0 Å². The number of esters is 1. The van der Waals surface area contributed by atoms with Gasteiger partial charge >= 0.3 is 5.97 Å². The number of hydrogen-bond acceptors (Lipinski definition) is 7. The van der Waals surface area contributed by atoms with Crippen LogP contribution < -0.4 is 4.72 Å². The molecule has 0 aliphatic carbocycles. The van der Waals surface area contributed by atoms with Crippen LogP contribution in [-0.4, -0.2) is 31.7 Å². The Morgan fingerprint density at radius 3 is 2.90 bits per heavy atom. The molecule has 1 unspecified atom stereocenters. The van der Waals surface area contributed by atoms with Crippen molar-refractivity contribution in [3.63, 3.8) is 0 Å². The molecule has 1 atom stereocenters. The second-order valence-electron chi connectivity index (χ2n) is 4.25. The molecule has 1 aromatic heterocycles. The molecule has 0 aliphatic rings. The lowest BCUT2D eigenvalue weighted by atomic mass is 10.2. The highest BCUT2D eigenvalue weighted by Crippen LogP contribution is 2.20. The van der Waals surface area contributed by atoms with E-state index in [1.54, 1.807) is 18.4 Å². The number of aryl methyl sites for hydroxylation is 1. The Kier molecular flexibility index (Phi) is 6.58. The summed E-state index contributed by atoms with van der Waals surface area (Å²) in [7, 11) is -2.41. The number of hydrogen-bond donors (Lipinski definition) is 1. The summed E-state index contributed by atoms with van der Waals surface area (Å²) < 4.78 is 30.6. The molecule has 1 aromatic rings. The molecule has 0 amide bonds. The summed E-state index contributed by atoms with van der Waals surface area (Å²) >= 11 is 1.15. The summed E-state index contributed by atoms with van der Waals surface area (Å²) in [6.07, 6.45) is 1.64. The first-order valence-corrected chi connectivity index (χ1v) is 8.78. The van der Waals surface area contributed by atoms with Crippen LogP contribution in [0.25, 0.3) is 0 Å². The second kappa shape index (κ2) is 7.95. The number of rotatable bonds is 8. The zero-order valence-corrected chi connectivity index (χ0v) is 13.5. The zero-order chi connectivity index (χ0) is 15.9. The fourth-order valence-corrected chi connectivity index (χ4v) is 3.70. The minimum atomic E-state index is -3.74. The van der Waals surface area contributed by atoms with E-state index >= 15 is 0 Å². The van der Waals surface area contributed by atoms with Gasteiger partial charge in [-0.2, -0.15) is 5.26 Å². The van der Waals surface area contributed by atoms with Crippen molar-refractivity contribution >= 4 is 32.5 Å². The smallest absolute Gasteiger partial charge is 0.305 e. The van der Waals surface area contributed by atoms with Crippen LogP contribution >= 0.6 is 11.3 Å². The highest BCUT2D eigenvalue weighted by atomic mass is 32.2. The molecule has 0 aliphatic heterocycles. The number of ether oxygens (including phenoxy) is 1. The topological polar surface area (TPSA) is 109 Å². The Labute approximate surface area is 128 Å². The summed E-state index contributed by atoms with van der Waals surface area (Å²) in [5.41, 5.74) is 0.701. The molecular weight excluding hydrogens is 314 g/mol. The normalized spacial score (nSPS) is 12.4. The van der Waals surface area contributed by atoms with Crippen molar-refractivity contribution in [2.75, 3.05) is 11.8 Å². The standard InChI is InChI=1S/C12H17N3O4S2/c1-3-10(7-13)21(17,18)15-12-14-9(8-20-12)5-4-6-11(16)19-2/h8,10H,3-6H2,1-2H3,(H,14,15). The molecule has 0 bridgehead atoms. The largest absolute Gasteiger partial charge is 0.469 e. The Bertz CT molecular complexity index is 619. The first-order chi connectivity index (χ1) is 9.92. The highest BCUT2D eigenvalue weighted by molar-refractivity contribution is 7.93. The van der Waals surface area contributed by atoms with E-state index in [0.29, 0.717) is 25.0 Å². The molecule has 0 saturated carbocycles. The Morgan fingerprint density at radius 2 is 2.33 bits per heavy atom. The van der Waals surface area contributed by atoms with Gasteiger partial charge in [-0.15, -0.1) is 11.3 Å². The van der Waals surface area contributed by atoms with Gasteiger partial charge in [0.15, 0.2) is 10.4 Å². The van der Waals surface area contributed by atoms with Crippen LogP contribution in [0, 0.1) is 11.3 Å². The van der Waals surface area contributed by atoms with E-state index in [-0.39, 0.29) is 17.5 Å². The Balaban J connectivity index is 2.60. The molecule has 0 saturated heterocycles. The fourth-order valence-electron chi connectivity index (χ4n) is 1.56. The molecule has 0 aromatic carbocycles. The van der Waals surface area contributed by atoms with Crippen LogP contribution in [0.3, 0.4) is 0 Å². The number of nitrogens with one attached hydrogen (secondary N) is 1. The summed E-state index contributed by atoms with van der Waals surface area (Å²) in [5, 5.41) is 9.67. The molecule has 0 spiro atoms. The van der Waals surface area contributed by atoms with E-state index in [9.17, 15) is 13.2 Å². The summed E-state index contributed by atoms with van der Waals surface area (Å²) in [6.45, 7) is 1.63. The van der Waals surface area contributed by atoms with E-state index in [0.717, 1.165) is 11.3 Å². The maximum absolute atomic E-state index is 11.9. The highest BCUT2D eigenvalue weighted by Gasteiger charge is 2.24. The van der Waals surface area contributed by atoms with Gasteiger partial charge in [0.05, 0.1) is 18.9 Å². The van der Waals surface area contributed by atoms with Gasteiger partial charge < -0.3 is 4.74 Å². The third-order valence-electron chi connectivity index (χ3n) is 2.71. The summed E-state index contributed by atoms with van der Waals surface area (Å²) in [4.78, 5) is 15.1. The molecule has 7 nitrogen and oxygen atoms in total. The van der Waals surface area contributed by atoms with E-state index < -0.39 is 15.3 Å². The van der Waals surface area contributed by atoms with Gasteiger partial charge in [-0.3, -0.25) is 9.52 Å². The van der Waals surface area contributed by atoms with Crippen molar-refractivity contribution in [1.29, 1.82) is 5.26 Å². The monoisotopic (exact) mass is 331 g/mol. The van der Waals surface area contributed by atoms with Crippen molar-refractivity contribution in [2.24, 2.45) is 0 Å². The third-order valence-corrected chi connectivity index (χ3v) is 5.31. The minimum absolute atomic E-state index is 0.212. The molecule has 1 rings (SSSR count). The molecular formula is C12H17N3O4S2. The lowest BCUT2D eigenvalue weighted by molar-refractivity contribution is -0.140. The average molecular weight is 331 g/mol. The van der Waals surface area contributed by atoms with Gasteiger partial charge in [0.2, 0.25) is 0 Å². The second-order valence-corrected chi connectivity index (χ2v) is 6.97. The van der Waals surface area contributed by atoms with Gasteiger partial charge in [-0.05, 0) is 19.3 Å². The van der Waals surface area contributed by atoms with Crippen molar-refractivity contribution in [3.05, 3.63) is 11.1 Å². The molecule has 9 heteroatoms. The number of anilines is 1. The van der Waals surface area contributed by atoms with Crippen LogP contribution in [0.2, 0.25) is 0 Å². The quantitative estimate of drug-likeness (QED) is 0.726. The number of carbonyl (C=O) groups excluding carboxylic acids is 1. The number of methoxy groups -OCH3 is 1. The number of carbonyl (C=O) groups is 1. The first-order valence-electron chi connectivity index (χ1n) is 6.35. The van der Waals surface area contributed by atoms with E-state index in [2.05, 4.69) is 14.4 Å². The fraction of sp³-hybridized carbons (Fsp3) is 0.583. The van der Waals surface area contributed by atoms with Gasteiger partial charge in [0, 0.05) is 11.8 Å². The Hall–Kier alpha value is -1.66. The minimum Gasteiger partial charge on any atom is -0.469 e. The van der Waals surface area contributed by atoms with Crippen molar-refractivity contribution in [3.8, 4) is 6.07 Å². The number of nitrogens with zero attached hydrogens (tertiary/aromatic N) is 2. The average Bonchev–Trinajstić information content (AvgIpc) is 2.86. The number of thiazole rings is 1. The lowest BCUT2D eigenvalue weighted by Gasteiger charge is -2.08. The van der Waals surface area contributed by atoms with Crippen molar-refractivity contribution in [2.45, 2.75) is 37.9 Å². The number of aromatic nitrogens is 1. The van der Waals surface area contributed by atoms with Crippen LogP contribution in [0.4, 0.5) is 5.13 Å². The third kappa shape index (κ3) is 5.32. The molecule has 1 heterocycles. The summed E-state index contributed by atoms with van der Waals surface area (Å²) in [5.74, 6) is -0.286. The van der Waals surface area contributed by atoms with E-state index in [1.165, 1.54) is 7.11 Å². The maximum Gasteiger partial charge on any atom is 0.305 e. The molecule has 0 fully saturated rings. The molecule has 0 radical (unpaired) electrons. The van der Waals surface area contributed by atoms with Crippen LogP contribution in [0.15, 0.2) is 5.38 Å². The van der Waals surface area contributed by atoms with Crippen LogP contribution in [0.1, 0.15) is 31.9 Å². The van der Waals surface area contributed by atoms with E-state index in [4.69, 9.17) is 5.26 Å². The van der Waals surface area contributed by atoms with Gasteiger partial charge in [0.25, 0.3) is 10.0 Å². The van der Waals surface area contributed by atoms with Crippen LogP contribution in [0.5, 0.6) is 0 Å². The first kappa shape index (κ1) is 17.4. The van der Waals surface area contributed by atoms with E-state index in [1.807, 2.05) is 0 Å². The van der Waals surface area contributed by atoms with Gasteiger partial charge in [0.1, 0.15) is 0 Å². The Morgan fingerprint density at radius 1 is 1.62 bits per heavy atom. The zero-order valence-electron chi connectivity index (χ0n) is 11.8. The predicted octanol–water partition coefficient (Wildman–Crippen LogP) is 1.68. The maximum atomic E-state index is 11.9. The SMILES string of the molecule is CCC(C#N)S(=O)(=O)Nc1nc(CCCC(=O)OC)cs1. The van der Waals surface area contributed by atoms with Crippen molar-refractivity contribution in [1.82, 2.24) is 4.98 Å². The van der Waals surface area contributed by atoms with Gasteiger partial charge in [-0.1, -0.05) is 6.92 Å². The van der Waals surface area contributed by atoms with Crippen molar-refractivity contribution < 1.29 is 17.9 Å². The molecule has 21 heavy (non-hydrogen) atoms. The lowest BCUT2D eigenvalue weighted by Crippen LogP contribution is -2.25. The summed E-state index contributed by atoms with van der Waals surface area (Å²) in [6, 6.07) is 1.75. The molecule has 1 N–H and O–H groups in total. The number of nitriles is 1. The predicted molar refractivity (Wildman–Crippen MR) is 79.3 cm³/mol. The number of sulfonamides is 1. The molecule has 116 valence electrons.